The molecule has 2 aromatic heterocycles. The van der Waals surface area contributed by atoms with Crippen molar-refractivity contribution in [1.29, 1.82) is 0 Å². The molecule has 1 aliphatic heterocycles. The number of rotatable bonds is 4. The van der Waals surface area contributed by atoms with E-state index in [0.717, 1.165) is 0 Å². The lowest BCUT2D eigenvalue weighted by Crippen LogP contribution is -2.37. The Labute approximate surface area is 120 Å². The molecule has 3 heterocycles. The average Bonchev–Trinajstić information content (AvgIpc) is 3.04. The van der Waals surface area contributed by atoms with Gasteiger partial charge in [0.05, 0.1) is 33.1 Å². The van der Waals surface area contributed by atoms with E-state index in [1.807, 2.05) is 4.90 Å². The lowest BCUT2D eigenvalue weighted by Gasteiger charge is -2.26. The number of anilines is 1. The largest absolute Gasteiger partial charge is 0.467 e. The Hall–Kier alpha value is -2.33. The molecule has 2 aromatic rings. The van der Waals surface area contributed by atoms with Gasteiger partial charge in [0.1, 0.15) is 5.69 Å². The molecule has 0 aromatic carbocycles. The number of morpholine rings is 1. The second kappa shape index (κ2) is 5.97. The first-order valence-corrected chi connectivity index (χ1v) is 6.45. The summed E-state index contributed by atoms with van der Waals surface area (Å²) in [6.45, 7) is 2.46. The van der Waals surface area contributed by atoms with Crippen molar-refractivity contribution in [2.75, 3.05) is 38.3 Å². The van der Waals surface area contributed by atoms with Gasteiger partial charge in [-0.3, -0.25) is 0 Å². The number of hydrogen-bond donors (Lipinski definition) is 1. The van der Waals surface area contributed by atoms with E-state index in [2.05, 4.69) is 25.3 Å². The minimum atomic E-state index is -0.196. The van der Waals surface area contributed by atoms with Crippen molar-refractivity contribution in [3.63, 3.8) is 0 Å². The van der Waals surface area contributed by atoms with Crippen molar-refractivity contribution in [2.24, 2.45) is 0 Å². The molecule has 112 valence electrons. The van der Waals surface area contributed by atoms with E-state index in [1.54, 1.807) is 6.20 Å². The molecule has 0 amide bonds. The highest BCUT2D eigenvalue weighted by molar-refractivity contribution is 5.34. The Morgan fingerprint density at radius 3 is 2.67 bits per heavy atom. The van der Waals surface area contributed by atoms with Crippen molar-refractivity contribution in [2.45, 2.75) is 6.61 Å². The van der Waals surface area contributed by atoms with Gasteiger partial charge in [0.2, 0.25) is 5.95 Å². The van der Waals surface area contributed by atoms with E-state index in [9.17, 15) is 0 Å². The predicted octanol–water partition coefficient (Wildman–Crippen LogP) is -1.21. The number of nitrogens with zero attached hydrogens (tertiary/aromatic N) is 7. The zero-order valence-electron chi connectivity index (χ0n) is 11.5. The Morgan fingerprint density at radius 1 is 1.24 bits per heavy atom. The van der Waals surface area contributed by atoms with Gasteiger partial charge in [-0.05, 0) is 0 Å². The zero-order valence-corrected chi connectivity index (χ0v) is 11.5. The highest BCUT2D eigenvalue weighted by Crippen LogP contribution is 2.15. The second-order valence-electron chi connectivity index (χ2n) is 4.33. The SMILES string of the molecule is COc1nc(N2CCOCC2)nc(-n2cc(CO)nn2)n1. The van der Waals surface area contributed by atoms with E-state index < -0.39 is 0 Å². The molecule has 10 nitrogen and oxygen atoms in total. The predicted molar refractivity (Wildman–Crippen MR) is 70.3 cm³/mol. The van der Waals surface area contributed by atoms with E-state index in [0.29, 0.717) is 37.9 Å². The number of methoxy groups -OCH3 is 1. The minimum Gasteiger partial charge on any atom is -0.467 e. The molecule has 0 bridgehead atoms. The van der Waals surface area contributed by atoms with Crippen molar-refractivity contribution in [1.82, 2.24) is 29.9 Å². The fourth-order valence-electron chi connectivity index (χ4n) is 1.90. The van der Waals surface area contributed by atoms with Crippen LogP contribution in [-0.2, 0) is 11.3 Å². The van der Waals surface area contributed by atoms with Crippen molar-refractivity contribution in [3.8, 4) is 12.0 Å². The highest BCUT2D eigenvalue weighted by atomic mass is 16.5. The first-order valence-electron chi connectivity index (χ1n) is 6.45. The number of aliphatic hydroxyl groups is 1. The summed E-state index contributed by atoms with van der Waals surface area (Å²) in [6, 6.07) is 0.197. The first kappa shape index (κ1) is 13.6. The van der Waals surface area contributed by atoms with Crippen LogP contribution in [0.5, 0.6) is 6.01 Å². The van der Waals surface area contributed by atoms with E-state index in [-0.39, 0.29) is 18.6 Å². The van der Waals surface area contributed by atoms with Crippen LogP contribution in [-0.4, -0.2) is 68.5 Å². The summed E-state index contributed by atoms with van der Waals surface area (Å²) in [5.41, 5.74) is 0.433. The van der Waals surface area contributed by atoms with Gasteiger partial charge < -0.3 is 19.5 Å². The van der Waals surface area contributed by atoms with Crippen LogP contribution in [0.15, 0.2) is 6.20 Å². The van der Waals surface area contributed by atoms with Gasteiger partial charge in [0.15, 0.2) is 0 Å². The molecule has 0 atom stereocenters. The molecule has 1 aliphatic rings. The molecule has 0 aliphatic carbocycles. The van der Waals surface area contributed by atoms with E-state index in [4.69, 9.17) is 14.6 Å². The summed E-state index contributed by atoms with van der Waals surface area (Å²) in [5.74, 6) is 0.789. The molecule has 1 saturated heterocycles. The van der Waals surface area contributed by atoms with Crippen LogP contribution in [0.3, 0.4) is 0 Å². The zero-order chi connectivity index (χ0) is 14.7. The second-order valence-corrected chi connectivity index (χ2v) is 4.33. The molecule has 10 heteroatoms. The first-order chi connectivity index (χ1) is 10.3. The van der Waals surface area contributed by atoms with Gasteiger partial charge in [0, 0.05) is 13.1 Å². The van der Waals surface area contributed by atoms with Gasteiger partial charge in [-0.15, -0.1) is 5.10 Å². The summed E-state index contributed by atoms with van der Waals surface area (Å²) < 4.78 is 11.8. The number of aliphatic hydroxyl groups excluding tert-OH is 1. The van der Waals surface area contributed by atoms with E-state index in [1.165, 1.54) is 11.8 Å². The Balaban J connectivity index is 1.95. The minimum absolute atomic E-state index is 0.196. The van der Waals surface area contributed by atoms with Crippen LogP contribution in [0.1, 0.15) is 5.69 Å². The third kappa shape index (κ3) is 2.90. The highest BCUT2D eigenvalue weighted by Gasteiger charge is 2.18. The van der Waals surface area contributed by atoms with Crippen LogP contribution >= 0.6 is 0 Å². The third-order valence-electron chi connectivity index (χ3n) is 2.98. The smallest absolute Gasteiger partial charge is 0.322 e. The molecule has 0 unspecified atom stereocenters. The maximum atomic E-state index is 9.04. The van der Waals surface area contributed by atoms with Crippen LogP contribution in [0.4, 0.5) is 5.95 Å². The molecule has 21 heavy (non-hydrogen) atoms. The molecule has 1 fully saturated rings. The summed E-state index contributed by atoms with van der Waals surface area (Å²) >= 11 is 0. The quantitative estimate of drug-likeness (QED) is 0.742. The molecular formula is C11H15N7O3. The molecule has 0 radical (unpaired) electrons. The fraction of sp³-hybridized carbons (Fsp3) is 0.545. The van der Waals surface area contributed by atoms with Gasteiger partial charge in [-0.2, -0.15) is 19.6 Å². The number of hydrogen-bond acceptors (Lipinski definition) is 9. The summed E-state index contributed by atoms with van der Waals surface area (Å²) in [7, 11) is 1.49. The number of aromatic nitrogens is 6. The molecule has 0 spiro atoms. The van der Waals surface area contributed by atoms with E-state index >= 15 is 0 Å². The maximum Gasteiger partial charge on any atom is 0.322 e. The molecule has 1 N–H and O–H groups in total. The molecule has 3 rings (SSSR count). The maximum absolute atomic E-state index is 9.04. The van der Waals surface area contributed by atoms with Crippen LogP contribution in [0.25, 0.3) is 5.95 Å². The summed E-state index contributed by atoms with van der Waals surface area (Å²) in [4.78, 5) is 14.7. The van der Waals surface area contributed by atoms with Crippen molar-refractivity contribution in [3.05, 3.63) is 11.9 Å². The Kier molecular flexibility index (Phi) is 3.88. The standard InChI is InChI=1S/C11H15N7O3/c1-20-11-13-9(17-2-4-21-5-3-17)12-10(14-11)18-6-8(7-19)15-16-18/h6,19H,2-5,7H2,1H3. The van der Waals surface area contributed by atoms with Crippen molar-refractivity contribution >= 4 is 5.95 Å². The average molecular weight is 293 g/mol. The van der Waals surface area contributed by atoms with Crippen LogP contribution in [0, 0.1) is 0 Å². The van der Waals surface area contributed by atoms with Gasteiger partial charge >= 0.3 is 6.01 Å². The van der Waals surface area contributed by atoms with Crippen LogP contribution in [0.2, 0.25) is 0 Å². The summed E-state index contributed by atoms with van der Waals surface area (Å²) in [5, 5.41) is 16.7. The Morgan fingerprint density at radius 2 is 2.00 bits per heavy atom. The lowest BCUT2D eigenvalue weighted by molar-refractivity contribution is 0.122. The van der Waals surface area contributed by atoms with Gasteiger partial charge in [-0.1, -0.05) is 5.21 Å². The van der Waals surface area contributed by atoms with Gasteiger partial charge in [-0.25, -0.2) is 0 Å². The van der Waals surface area contributed by atoms with Crippen LogP contribution < -0.4 is 9.64 Å². The topological polar surface area (TPSA) is 111 Å². The lowest BCUT2D eigenvalue weighted by atomic mass is 10.4. The fourth-order valence-corrected chi connectivity index (χ4v) is 1.90. The Bertz CT molecular complexity index is 612. The van der Waals surface area contributed by atoms with Crippen molar-refractivity contribution < 1.29 is 14.6 Å². The third-order valence-corrected chi connectivity index (χ3v) is 2.98. The monoisotopic (exact) mass is 293 g/mol. The summed E-state index contributed by atoms with van der Waals surface area (Å²) in [6.07, 6.45) is 1.55. The molecular weight excluding hydrogens is 278 g/mol. The number of ether oxygens (including phenoxy) is 2. The van der Waals surface area contributed by atoms with Gasteiger partial charge in [0.25, 0.3) is 5.95 Å². The molecule has 0 saturated carbocycles. The normalized spacial score (nSPS) is 15.2.